The Balaban J connectivity index is 1.83. The normalized spacial score (nSPS) is 12.3. The fourth-order valence-corrected chi connectivity index (χ4v) is 3.95. The number of hydrogen-bond acceptors (Lipinski definition) is 9. The van der Waals surface area contributed by atoms with Crippen molar-refractivity contribution in [1.82, 2.24) is 16.1 Å². The minimum Gasteiger partial charge on any atom is -0.444 e. The van der Waals surface area contributed by atoms with Gasteiger partial charge >= 0.3 is 11.8 Å². The Morgan fingerprint density at radius 2 is 1.30 bits per heavy atom. The van der Waals surface area contributed by atoms with Crippen LogP contribution in [0.5, 0.6) is 0 Å². The minimum atomic E-state index is -1.20. The van der Waals surface area contributed by atoms with Gasteiger partial charge < -0.3 is 15.4 Å². The number of non-ortho nitro benzene ring substituents is 1. The highest BCUT2D eigenvalue weighted by Crippen LogP contribution is 2.28. The molecule has 0 saturated heterocycles. The smallest absolute Gasteiger partial charge is 0.408 e. The first-order valence-corrected chi connectivity index (χ1v) is 13.2. The Labute approximate surface area is 247 Å². The zero-order valence-corrected chi connectivity index (χ0v) is 23.7. The van der Waals surface area contributed by atoms with Crippen molar-refractivity contribution in [3.8, 4) is 0 Å². The molecule has 0 bridgehead atoms. The maximum atomic E-state index is 13.5. The fourth-order valence-electron chi connectivity index (χ4n) is 3.95. The number of nitro benzene ring substituents is 2. The Morgan fingerprint density at radius 1 is 0.767 bits per heavy atom. The van der Waals surface area contributed by atoms with Crippen LogP contribution in [0.2, 0.25) is 0 Å². The average molecular weight is 593 g/mol. The number of nitrogens with zero attached hydrogens (tertiary/aromatic N) is 2. The summed E-state index contributed by atoms with van der Waals surface area (Å²) in [5.41, 5.74) is 4.04. The highest BCUT2D eigenvalue weighted by Gasteiger charge is 2.29. The lowest BCUT2D eigenvalue weighted by Gasteiger charge is -2.25. The topological polar surface area (TPSA) is 195 Å². The fraction of sp³-hybridized carbons (Fsp3) is 0.276. The second-order valence-electron chi connectivity index (χ2n) is 10.5. The van der Waals surface area contributed by atoms with Gasteiger partial charge in [0.2, 0.25) is 5.91 Å². The third kappa shape index (κ3) is 10.1. The SMILES string of the molecule is CC(C)(C)OC(=O)N[C@H](Cc1ccccc1)C(=O)N[C@H](Cc1ccccc1)C(=O)NNc1ccc([N+](=O)[O-])cc1[N+](=O)[O-]. The molecular formula is C29H32N6O8. The Kier molecular flexibility index (Phi) is 10.7. The lowest BCUT2D eigenvalue weighted by molar-refractivity contribution is -0.393. The van der Waals surface area contributed by atoms with E-state index in [9.17, 15) is 34.6 Å². The molecule has 0 spiro atoms. The van der Waals surface area contributed by atoms with Crippen molar-refractivity contribution in [3.05, 3.63) is 110 Å². The van der Waals surface area contributed by atoms with Crippen molar-refractivity contribution in [3.63, 3.8) is 0 Å². The van der Waals surface area contributed by atoms with E-state index < -0.39 is 56.8 Å². The van der Waals surface area contributed by atoms with Crippen molar-refractivity contribution in [2.75, 3.05) is 5.43 Å². The molecule has 0 aliphatic carbocycles. The van der Waals surface area contributed by atoms with E-state index in [0.29, 0.717) is 5.56 Å². The largest absolute Gasteiger partial charge is 0.444 e. The van der Waals surface area contributed by atoms with Crippen LogP contribution in [-0.2, 0) is 27.2 Å². The van der Waals surface area contributed by atoms with Crippen LogP contribution in [0.15, 0.2) is 78.9 Å². The summed E-state index contributed by atoms with van der Waals surface area (Å²) in [6.45, 7) is 5.05. The summed E-state index contributed by atoms with van der Waals surface area (Å²) in [7, 11) is 0. The second-order valence-corrected chi connectivity index (χ2v) is 10.5. The maximum Gasteiger partial charge on any atom is 0.408 e. The molecule has 43 heavy (non-hydrogen) atoms. The minimum absolute atomic E-state index is 0.0347. The summed E-state index contributed by atoms with van der Waals surface area (Å²) in [6, 6.07) is 18.3. The number of benzene rings is 3. The number of amides is 3. The second kappa shape index (κ2) is 14.4. The monoisotopic (exact) mass is 592 g/mol. The van der Waals surface area contributed by atoms with E-state index in [0.717, 1.165) is 23.8 Å². The summed E-state index contributed by atoms with van der Waals surface area (Å²) in [5, 5.41) is 27.8. The van der Waals surface area contributed by atoms with Gasteiger partial charge in [-0.3, -0.25) is 40.7 Å². The van der Waals surface area contributed by atoms with Gasteiger partial charge in [-0.15, -0.1) is 0 Å². The van der Waals surface area contributed by atoms with Crippen molar-refractivity contribution in [2.45, 2.75) is 51.3 Å². The van der Waals surface area contributed by atoms with Gasteiger partial charge in [-0.25, -0.2) is 4.79 Å². The van der Waals surface area contributed by atoms with Gasteiger partial charge in [0.05, 0.1) is 15.9 Å². The quantitative estimate of drug-likeness (QED) is 0.179. The zero-order valence-electron chi connectivity index (χ0n) is 23.7. The van der Waals surface area contributed by atoms with Gasteiger partial charge in [0, 0.05) is 18.9 Å². The molecule has 0 aliphatic heterocycles. The first-order chi connectivity index (χ1) is 20.3. The van der Waals surface area contributed by atoms with Crippen LogP contribution in [0, 0.1) is 20.2 Å². The standard InChI is InChI=1S/C29H32N6O8/c1-29(2,3)43-28(38)31-23(16-19-10-6-4-7-11-19)26(36)30-24(17-20-12-8-5-9-13-20)27(37)33-32-22-15-14-21(34(39)40)18-25(22)35(41)42/h4-15,18,23-24,32H,16-17H2,1-3H3,(H,30,36)(H,31,38)(H,33,37)/t23-,24-/m1/s1. The number of nitrogens with one attached hydrogen (secondary N) is 4. The van der Waals surface area contributed by atoms with Crippen molar-refractivity contribution >= 4 is 35.0 Å². The number of nitro groups is 2. The molecule has 4 N–H and O–H groups in total. The molecule has 0 heterocycles. The predicted octanol–water partition coefficient (Wildman–Crippen LogP) is 3.81. The van der Waals surface area contributed by atoms with E-state index in [1.807, 2.05) is 6.07 Å². The van der Waals surface area contributed by atoms with Gasteiger partial charge in [0.1, 0.15) is 23.4 Å². The van der Waals surface area contributed by atoms with E-state index in [2.05, 4.69) is 21.5 Å². The van der Waals surface area contributed by atoms with Crippen LogP contribution >= 0.6 is 0 Å². The lowest BCUT2D eigenvalue weighted by atomic mass is 10.0. The summed E-state index contributed by atoms with van der Waals surface area (Å²) in [6.07, 6.45) is -0.689. The van der Waals surface area contributed by atoms with Crippen molar-refractivity contribution in [2.24, 2.45) is 0 Å². The maximum absolute atomic E-state index is 13.5. The first kappa shape index (κ1) is 32.0. The van der Waals surface area contributed by atoms with Crippen LogP contribution in [-0.4, -0.2) is 45.4 Å². The molecule has 0 saturated carbocycles. The molecule has 3 aromatic rings. The van der Waals surface area contributed by atoms with E-state index >= 15 is 0 Å². The number of rotatable bonds is 12. The molecule has 3 rings (SSSR count). The molecule has 0 radical (unpaired) electrons. The van der Waals surface area contributed by atoms with Crippen molar-refractivity contribution in [1.29, 1.82) is 0 Å². The average Bonchev–Trinajstić information content (AvgIpc) is 2.95. The molecule has 14 heteroatoms. The molecule has 226 valence electrons. The van der Waals surface area contributed by atoms with Gasteiger partial charge in [0.25, 0.3) is 11.6 Å². The van der Waals surface area contributed by atoms with Crippen LogP contribution in [0.25, 0.3) is 0 Å². The third-order valence-corrected chi connectivity index (χ3v) is 5.91. The van der Waals surface area contributed by atoms with E-state index in [1.54, 1.807) is 75.4 Å². The summed E-state index contributed by atoms with van der Waals surface area (Å²) < 4.78 is 5.33. The molecule has 2 atom stereocenters. The lowest BCUT2D eigenvalue weighted by Crippen LogP contribution is -2.56. The number of alkyl carbamates (subject to hydrolysis) is 1. The van der Waals surface area contributed by atoms with Crippen LogP contribution in [0.1, 0.15) is 31.9 Å². The summed E-state index contributed by atoms with van der Waals surface area (Å²) in [4.78, 5) is 60.4. The Bertz CT molecular complexity index is 1460. The van der Waals surface area contributed by atoms with Gasteiger partial charge in [-0.05, 0) is 38.0 Å². The van der Waals surface area contributed by atoms with Crippen molar-refractivity contribution < 1.29 is 29.0 Å². The molecule has 0 unspecified atom stereocenters. The van der Waals surface area contributed by atoms with E-state index in [4.69, 9.17) is 4.74 Å². The third-order valence-electron chi connectivity index (χ3n) is 5.91. The summed E-state index contributed by atoms with van der Waals surface area (Å²) >= 11 is 0. The molecule has 0 aliphatic rings. The molecular weight excluding hydrogens is 560 g/mol. The molecule has 3 aromatic carbocycles. The van der Waals surface area contributed by atoms with E-state index in [1.165, 1.54) is 0 Å². The van der Waals surface area contributed by atoms with Gasteiger partial charge in [-0.2, -0.15) is 0 Å². The van der Waals surface area contributed by atoms with Crippen LogP contribution in [0.3, 0.4) is 0 Å². The number of hydrazine groups is 1. The number of hydrogen-bond donors (Lipinski definition) is 4. The molecule has 14 nitrogen and oxygen atoms in total. The number of carbonyl (C=O) groups is 3. The highest BCUT2D eigenvalue weighted by molar-refractivity contribution is 5.92. The molecule has 3 amide bonds. The number of carbonyl (C=O) groups excluding carboxylic acids is 3. The number of ether oxygens (including phenoxy) is 1. The molecule has 0 aromatic heterocycles. The van der Waals surface area contributed by atoms with E-state index in [-0.39, 0.29) is 18.5 Å². The number of anilines is 1. The van der Waals surface area contributed by atoms with Gasteiger partial charge in [0.15, 0.2) is 0 Å². The Hall–Kier alpha value is -5.53. The summed E-state index contributed by atoms with van der Waals surface area (Å²) in [5.74, 6) is -1.44. The van der Waals surface area contributed by atoms with Crippen LogP contribution < -0.4 is 21.5 Å². The highest BCUT2D eigenvalue weighted by atomic mass is 16.6. The van der Waals surface area contributed by atoms with Crippen LogP contribution in [0.4, 0.5) is 21.9 Å². The predicted molar refractivity (Wildman–Crippen MR) is 157 cm³/mol. The van der Waals surface area contributed by atoms with Gasteiger partial charge in [-0.1, -0.05) is 60.7 Å². The Morgan fingerprint density at radius 3 is 1.79 bits per heavy atom. The zero-order chi connectivity index (χ0) is 31.6. The first-order valence-electron chi connectivity index (χ1n) is 13.2. The molecule has 0 fully saturated rings.